The van der Waals surface area contributed by atoms with Gasteiger partial charge in [-0.25, -0.2) is 0 Å². The molecule has 2 fully saturated rings. The van der Waals surface area contributed by atoms with Crippen LogP contribution in [0.2, 0.25) is 0 Å². The van der Waals surface area contributed by atoms with E-state index in [0.717, 1.165) is 51.4 Å². The third-order valence-corrected chi connectivity index (χ3v) is 3.65. The SMILES string of the molecule is O=C1NCCCCC1NCC1CCNCC1. The van der Waals surface area contributed by atoms with Gasteiger partial charge in [-0.3, -0.25) is 4.79 Å². The maximum Gasteiger partial charge on any atom is 0.237 e. The van der Waals surface area contributed by atoms with Crippen LogP contribution in [0.3, 0.4) is 0 Å². The minimum atomic E-state index is 0.0531. The first-order valence-electron chi connectivity index (χ1n) is 6.58. The zero-order valence-corrected chi connectivity index (χ0v) is 9.93. The van der Waals surface area contributed by atoms with Crippen LogP contribution >= 0.6 is 0 Å². The van der Waals surface area contributed by atoms with Gasteiger partial charge in [0.15, 0.2) is 0 Å². The molecule has 0 spiro atoms. The summed E-state index contributed by atoms with van der Waals surface area (Å²) in [4.78, 5) is 11.7. The molecule has 2 aliphatic heterocycles. The molecule has 2 saturated heterocycles. The van der Waals surface area contributed by atoms with Gasteiger partial charge in [0.2, 0.25) is 5.91 Å². The third-order valence-electron chi connectivity index (χ3n) is 3.65. The average molecular weight is 225 g/mol. The number of rotatable bonds is 3. The summed E-state index contributed by atoms with van der Waals surface area (Å²) in [7, 11) is 0. The normalized spacial score (nSPS) is 28.5. The summed E-state index contributed by atoms with van der Waals surface area (Å²) in [5.74, 6) is 0.948. The molecule has 0 aromatic rings. The van der Waals surface area contributed by atoms with E-state index in [1.807, 2.05) is 0 Å². The van der Waals surface area contributed by atoms with Gasteiger partial charge in [-0.05, 0) is 57.7 Å². The number of hydrogen-bond donors (Lipinski definition) is 3. The second-order valence-electron chi connectivity index (χ2n) is 4.94. The first-order valence-corrected chi connectivity index (χ1v) is 6.58. The van der Waals surface area contributed by atoms with Crippen LogP contribution in [-0.2, 0) is 4.79 Å². The smallest absolute Gasteiger partial charge is 0.237 e. The molecule has 0 radical (unpaired) electrons. The van der Waals surface area contributed by atoms with Gasteiger partial charge in [0.25, 0.3) is 0 Å². The van der Waals surface area contributed by atoms with Gasteiger partial charge < -0.3 is 16.0 Å². The number of nitrogens with one attached hydrogen (secondary N) is 3. The van der Waals surface area contributed by atoms with Crippen molar-refractivity contribution in [3.05, 3.63) is 0 Å². The predicted octanol–water partition coefficient (Wildman–Crippen LogP) is 0.244. The van der Waals surface area contributed by atoms with Gasteiger partial charge in [0.1, 0.15) is 0 Å². The van der Waals surface area contributed by atoms with Crippen LogP contribution in [0, 0.1) is 5.92 Å². The summed E-state index contributed by atoms with van der Waals surface area (Å²) in [5, 5.41) is 9.77. The minimum Gasteiger partial charge on any atom is -0.355 e. The van der Waals surface area contributed by atoms with Gasteiger partial charge in [-0.15, -0.1) is 0 Å². The Bertz CT molecular complexity index is 226. The number of piperidine rings is 1. The lowest BCUT2D eigenvalue weighted by atomic mass is 9.97. The number of carbonyl (C=O) groups excluding carboxylic acids is 1. The standard InChI is InChI=1S/C12H23N3O/c16-12-11(3-1-2-6-14-12)15-9-10-4-7-13-8-5-10/h10-11,13,15H,1-9H2,(H,14,16). The Morgan fingerprint density at radius 1 is 1.12 bits per heavy atom. The predicted molar refractivity (Wildman–Crippen MR) is 64.2 cm³/mol. The molecule has 0 aromatic carbocycles. The Morgan fingerprint density at radius 2 is 1.94 bits per heavy atom. The van der Waals surface area contributed by atoms with Crippen LogP contribution < -0.4 is 16.0 Å². The lowest BCUT2D eigenvalue weighted by Gasteiger charge is -2.25. The van der Waals surface area contributed by atoms with Crippen molar-refractivity contribution >= 4 is 5.91 Å². The Kier molecular flexibility index (Phi) is 4.60. The van der Waals surface area contributed by atoms with E-state index in [2.05, 4.69) is 16.0 Å². The summed E-state index contributed by atoms with van der Waals surface area (Å²) in [6.45, 7) is 4.11. The van der Waals surface area contributed by atoms with E-state index in [1.165, 1.54) is 12.8 Å². The van der Waals surface area contributed by atoms with Crippen molar-refractivity contribution in [1.82, 2.24) is 16.0 Å². The highest BCUT2D eigenvalue weighted by Crippen LogP contribution is 2.12. The van der Waals surface area contributed by atoms with Crippen molar-refractivity contribution in [3.8, 4) is 0 Å². The number of amides is 1. The van der Waals surface area contributed by atoms with Crippen LogP contribution in [0.1, 0.15) is 32.1 Å². The van der Waals surface area contributed by atoms with E-state index in [9.17, 15) is 4.79 Å². The summed E-state index contributed by atoms with van der Waals surface area (Å²) in [6, 6.07) is 0.0531. The van der Waals surface area contributed by atoms with Crippen LogP contribution in [0.5, 0.6) is 0 Å². The zero-order valence-electron chi connectivity index (χ0n) is 9.93. The molecular weight excluding hydrogens is 202 g/mol. The highest BCUT2D eigenvalue weighted by atomic mass is 16.2. The maximum atomic E-state index is 11.7. The fourth-order valence-corrected chi connectivity index (χ4v) is 2.53. The van der Waals surface area contributed by atoms with E-state index >= 15 is 0 Å². The Labute approximate surface area is 97.6 Å². The Balaban J connectivity index is 1.72. The molecule has 2 rings (SSSR count). The molecule has 3 N–H and O–H groups in total. The Hall–Kier alpha value is -0.610. The molecular formula is C12H23N3O. The summed E-state index contributed by atoms with van der Waals surface area (Å²) < 4.78 is 0. The highest BCUT2D eigenvalue weighted by molar-refractivity contribution is 5.81. The average Bonchev–Trinajstić information content (AvgIpc) is 2.53. The van der Waals surface area contributed by atoms with Crippen molar-refractivity contribution in [1.29, 1.82) is 0 Å². The van der Waals surface area contributed by atoms with Crippen molar-refractivity contribution in [3.63, 3.8) is 0 Å². The van der Waals surface area contributed by atoms with Crippen molar-refractivity contribution in [2.45, 2.75) is 38.1 Å². The Morgan fingerprint density at radius 3 is 2.75 bits per heavy atom. The van der Waals surface area contributed by atoms with Crippen molar-refractivity contribution in [2.24, 2.45) is 5.92 Å². The van der Waals surface area contributed by atoms with Crippen LogP contribution in [0.25, 0.3) is 0 Å². The molecule has 2 aliphatic rings. The molecule has 16 heavy (non-hydrogen) atoms. The molecule has 1 atom stereocenters. The van der Waals surface area contributed by atoms with Crippen molar-refractivity contribution in [2.75, 3.05) is 26.2 Å². The molecule has 4 heteroatoms. The largest absolute Gasteiger partial charge is 0.355 e. The molecule has 1 amide bonds. The first kappa shape index (κ1) is 11.9. The highest BCUT2D eigenvalue weighted by Gasteiger charge is 2.21. The van der Waals surface area contributed by atoms with Gasteiger partial charge >= 0.3 is 0 Å². The summed E-state index contributed by atoms with van der Waals surface area (Å²) in [5.41, 5.74) is 0. The van der Waals surface area contributed by atoms with E-state index in [0.29, 0.717) is 0 Å². The first-order chi connectivity index (χ1) is 7.86. The maximum absolute atomic E-state index is 11.7. The fourth-order valence-electron chi connectivity index (χ4n) is 2.53. The molecule has 0 aromatic heterocycles. The van der Waals surface area contributed by atoms with Gasteiger partial charge in [0, 0.05) is 6.54 Å². The van der Waals surface area contributed by atoms with Gasteiger partial charge in [-0.2, -0.15) is 0 Å². The molecule has 4 nitrogen and oxygen atoms in total. The lowest BCUT2D eigenvalue weighted by molar-refractivity contribution is -0.122. The van der Waals surface area contributed by atoms with Gasteiger partial charge in [-0.1, -0.05) is 0 Å². The minimum absolute atomic E-state index is 0.0531. The quantitative estimate of drug-likeness (QED) is 0.645. The fraction of sp³-hybridized carbons (Fsp3) is 0.917. The molecule has 0 aliphatic carbocycles. The molecule has 92 valence electrons. The molecule has 1 unspecified atom stereocenters. The molecule has 2 heterocycles. The summed E-state index contributed by atoms with van der Waals surface area (Å²) >= 11 is 0. The monoisotopic (exact) mass is 225 g/mol. The summed E-state index contributed by atoms with van der Waals surface area (Å²) in [6.07, 6.45) is 5.75. The van der Waals surface area contributed by atoms with Crippen molar-refractivity contribution < 1.29 is 4.79 Å². The van der Waals surface area contributed by atoms with Crippen LogP contribution in [0.15, 0.2) is 0 Å². The lowest BCUT2D eigenvalue weighted by Crippen LogP contribution is -2.45. The number of hydrogen-bond acceptors (Lipinski definition) is 3. The second kappa shape index (κ2) is 6.21. The van der Waals surface area contributed by atoms with E-state index in [-0.39, 0.29) is 11.9 Å². The topological polar surface area (TPSA) is 53.2 Å². The zero-order chi connectivity index (χ0) is 11.2. The van der Waals surface area contributed by atoms with E-state index in [1.54, 1.807) is 0 Å². The molecule has 0 bridgehead atoms. The molecule has 0 saturated carbocycles. The van der Waals surface area contributed by atoms with E-state index < -0.39 is 0 Å². The second-order valence-corrected chi connectivity index (χ2v) is 4.94. The third kappa shape index (κ3) is 3.46. The van der Waals surface area contributed by atoms with E-state index in [4.69, 9.17) is 0 Å². The van der Waals surface area contributed by atoms with Gasteiger partial charge in [0.05, 0.1) is 6.04 Å². The number of carbonyl (C=O) groups is 1. The van der Waals surface area contributed by atoms with Crippen LogP contribution in [-0.4, -0.2) is 38.1 Å². The van der Waals surface area contributed by atoms with Crippen LogP contribution in [0.4, 0.5) is 0 Å².